The van der Waals surface area contributed by atoms with Crippen molar-refractivity contribution in [1.82, 2.24) is 8.61 Å². The van der Waals surface area contributed by atoms with Crippen LogP contribution in [0.15, 0.2) is 0 Å². The smallest absolute Gasteiger partial charge is 0.281 e. The van der Waals surface area contributed by atoms with Crippen LogP contribution in [0.3, 0.4) is 0 Å². The summed E-state index contributed by atoms with van der Waals surface area (Å²) in [7, 11) is -0.422. The minimum absolute atomic E-state index is 0.00251. The molecule has 0 unspecified atom stereocenters. The normalized spacial score (nSPS) is 12.7. The zero-order chi connectivity index (χ0) is 12.9. The van der Waals surface area contributed by atoms with Crippen molar-refractivity contribution < 1.29 is 8.42 Å². The number of hydrogen-bond acceptors (Lipinski definition) is 3. The number of rotatable bonds is 7. The van der Waals surface area contributed by atoms with E-state index in [9.17, 15) is 8.42 Å². The lowest BCUT2D eigenvalue weighted by Crippen LogP contribution is -2.43. The molecule has 0 spiro atoms. The largest absolute Gasteiger partial charge is 0.388 e. The number of nitrogens with one attached hydrogen (secondary N) is 1. The molecule has 0 radical (unpaired) electrons. The molecular weight excluding hydrogens is 228 g/mol. The first-order chi connectivity index (χ1) is 7.17. The van der Waals surface area contributed by atoms with Crippen molar-refractivity contribution >= 4 is 16.0 Å². The first kappa shape index (κ1) is 15.3. The van der Waals surface area contributed by atoms with Crippen molar-refractivity contribution in [2.24, 2.45) is 11.7 Å². The van der Waals surface area contributed by atoms with E-state index in [-0.39, 0.29) is 24.7 Å². The zero-order valence-corrected chi connectivity index (χ0v) is 11.2. The standard InChI is InChI=1S/C9H22N4O2S/c1-8(2)7-13(6-5-9(10)11)16(14,15)12(3)4/h8H,5-7H2,1-4H3,(H3,10,11). The molecule has 0 saturated heterocycles. The Balaban J connectivity index is 4.73. The van der Waals surface area contributed by atoms with Crippen LogP contribution in [-0.4, -0.2) is 50.0 Å². The maximum Gasteiger partial charge on any atom is 0.281 e. The van der Waals surface area contributed by atoms with Crippen LogP contribution in [0.1, 0.15) is 20.3 Å². The summed E-state index contributed by atoms with van der Waals surface area (Å²) < 4.78 is 26.4. The van der Waals surface area contributed by atoms with Crippen LogP contribution in [-0.2, 0) is 10.2 Å². The molecule has 0 atom stereocenters. The number of nitrogens with zero attached hydrogens (tertiary/aromatic N) is 2. The lowest BCUT2D eigenvalue weighted by atomic mass is 10.2. The zero-order valence-electron chi connectivity index (χ0n) is 10.4. The molecule has 0 bridgehead atoms. The van der Waals surface area contributed by atoms with Gasteiger partial charge in [0.2, 0.25) is 0 Å². The van der Waals surface area contributed by atoms with E-state index < -0.39 is 10.2 Å². The molecule has 0 aliphatic heterocycles. The second-order valence-electron chi connectivity index (χ2n) is 4.32. The van der Waals surface area contributed by atoms with Crippen molar-refractivity contribution in [3.05, 3.63) is 0 Å². The van der Waals surface area contributed by atoms with Gasteiger partial charge in [-0.2, -0.15) is 17.0 Å². The van der Waals surface area contributed by atoms with E-state index in [0.29, 0.717) is 6.54 Å². The van der Waals surface area contributed by atoms with Crippen LogP contribution in [0.25, 0.3) is 0 Å². The van der Waals surface area contributed by atoms with E-state index in [0.717, 1.165) is 0 Å². The molecule has 0 fully saturated rings. The predicted molar refractivity (Wildman–Crippen MR) is 65.5 cm³/mol. The van der Waals surface area contributed by atoms with Crippen molar-refractivity contribution in [3.8, 4) is 0 Å². The first-order valence-electron chi connectivity index (χ1n) is 5.18. The summed E-state index contributed by atoms with van der Waals surface area (Å²) >= 11 is 0. The van der Waals surface area contributed by atoms with E-state index in [1.54, 1.807) is 0 Å². The third-order valence-electron chi connectivity index (χ3n) is 1.99. The summed E-state index contributed by atoms with van der Waals surface area (Å²) in [6, 6.07) is 0. The van der Waals surface area contributed by atoms with Gasteiger partial charge in [0.25, 0.3) is 10.2 Å². The van der Waals surface area contributed by atoms with Crippen molar-refractivity contribution in [3.63, 3.8) is 0 Å². The summed E-state index contributed by atoms with van der Waals surface area (Å²) in [4.78, 5) is 0. The third-order valence-corrected chi connectivity index (χ3v) is 3.89. The van der Waals surface area contributed by atoms with E-state index in [1.807, 2.05) is 13.8 Å². The molecule has 0 aromatic heterocycles. The highest BCUT2D eigenvalue weighted by Crippen LogP contribution is 2.09. The number of hydrogen-bond donors (Lipinski definition) is 2. The molecule has 6 nitrogen and oxygen atoms in total. The van der Waals surface area contributed by atoms with E-state index in [1.165, 1.54) is 22.7 Å². The average Bonchev–Trinajstić information content (AvgIpc) is 2.10. The Morgan fingerprint density at radius 3 is 2.19 bits per heavy atom. The molecule has 16 heavy (non-hydrogen) atoms. The maximum absolute atomic E-state index is 11.9. The Hall–Kier alpha value is -0.660. The molecule has 0 saturated carbocycles. The fourth-order valence-electron chi connectivity index (χ4n) is 1.18. The number of amidine groups is 1. The summed E-state index contributed by atoms with van der Waals surface area (Å²) in [5.41, 5.74) is 5.24. The highest BCUT2D eigenvalue weighted by atomic mass is 32.2. The summed E-state index contributed by atoms with van der Waals surface area (Å²) in [5, 5.41) is 7.12. The predicted octanol–water partition coefficient (Wildman–Crippen LogP) is 0.0769. The molecule has 0 aromatic carbocycles. The van der Waals surface area contributed by atoms with E-state index >= 15 is 0 Å². The number of nitrogens with two attached hydrogens (primary N) is 1. The lowest BCUT2D eigenvalue weighted by Gasteiger charge is -2.26. The minimum atomic E-state index is -3.42. The Bertz CT molecular complexity index is 324. The second-order valence-corrected chi connectivity index (χ2v) is 6.46. The first-order valence-corrected chi connectivity index (χ1v) is 6.58. The van der Waals surface area contributed by atoms with Gasteiger partial charge < -0.3 is 5.73 Å². The Labute approximate surface area is 98.1 Å². The molecule has 0 aromatic rings. The van der Waals surface area contributed by atoms with Crippen LogP contribution in [0.2, 0.25) is 0 Å². The van der Waals surface area contributed by atoms with E-state index in [4.69, 9.17) is 11.1 Å². The Kier molecular flexibility index (Phi) is 5.91. The van der Waals surface area contributed by atoms with Gasteiger partial charge in [0.05, 0.1) is 5.84 Å². The second kappa shape index (κ2) is 6.17. The molecule has 96 valence electrons. The molecule has 0 amide bonds. The van der Waals surface area contributed by atoms with Crippen molar-refractivity contribution in [1.29, 1.82) is 5.41 Å². The molecule has 0 aliphatic carbocycles. The molecule has 7 heteroatoms. The van der Waals surface area contributed by atoms with Gasteiger partial charge in [-0.3, -0.25) is 5.41 Å². The highest BCUT2D eigenvalue weighted by Gasteiger charge is 2.24. The van der Waals surface area contributed by atoms with E-state index in [2.05, 4.69) is 0 Å². The van der Waals surface area contributed by atoms with Gasteiger partial charge in [-0.15, -0.1) is 0 Å². The average molecular weight is 250 g/mol. The van der Waals surface area contributed by atoms with Crippen LogP contribution in [0.5, 0.6) is 0 Å². The van der Waals surface area contributed by atoms with Crippen LogP contribution in [0.4, 0.5) is 0 Å². The van der Waals surface area contributed by atoms with Gasteiger partial charge >= 0.3 is 0 Å². The maximum atomic E-state index is 11.9. The SMILES string of the molecule is CC(C)CN(CCC(=N)N)S(=O)(=O)N(C)C. The summed E-state index contributed by atoms with van der Waals surface area (Å²) in [6.45, 7) is 4.60. The highest BCUT2D eigenvalue weighted by molar-refractivity contribution is 7.86. The van der Waals surface area contributed by atoms with Gasteiger partial charge in [-0.05, 0) is 5.92 Å². The monoisotopic (exact) mass is 250 g/mol. The van der Waals surface area contributed by atoms with Crippen LogP contribution in [0, 0.1) is 11.3 Å². The fourth-order valence-corrected chi connectivity index (χ4v) is 2.45. The fraction of sp³-hybridized carbons (Fsp3) is 0.889. The molecule has 0 heterocycles. The van der Waals surface area contributed by atoms with Crippen molar-refractivity contribution in [2.45, 2.75) is 20.3 Å². The van der Waals surface area contributed by atoms with Crippen molar-refractivity contribution in [2.75, 3.05) is 27.2 Å². The van der Waals surface area contributed by atoms with Gasteiger partial charge in [0.1, 0.15) is 0 Å². The molecule has 3 N–H and O–H groups in total. The van der Waals surface area contributed by atoms with Crippen LogP contribution >= 0.6 is 0 Å². The Morgan fingerprint density at radius 2 is 1.88 bits per heavy atom. The minimum Gasteiger partial charge on any atom is -0.388 e. The Morgan fingerprint density at radius 1 is 1.38 bits per heavy atom. The van der Waals surface area contributed by atoms with Gasteiger partial charge in [-0.1, -0.05) is 13.8 Å². The lowest BCUT2D eigenvalue weighted by molar-refractivity contribution is 0.347. The third kappa shape index (κ3) is 4.91. The van der Waals surface area contributed by atoms with Gasteiger partial charge in [0.15, 0.2) is 0 Å². The molecular formula is C9H22N4O2S. The summed E-state index contributed by atoms with van der Waals surface area (Å²) in [5.74, 6) is 0.240. The van der Waals surface area contributed by atoms with Crippen LogP contribution < -0.4 is 5.73 Å². The quantitative estimate of drug-likeness (QED) is 0.495. The van der Waals surface area contributed by atoms with Gasteiger partial charge in [-0.25, -0.2) is 0 Å². The molecule has 0 rings (SSSR count). The van der Waals surface area contributed by atoms with Gasteiger partial charge in [0, 0.05) is 33.6 Å². The molecule has 0 aliphatic rings. The topological polar surface area (TPSA) is 90.5 Å². The summed E-state index contributed by atoms with van der Waals surface area (Å²) in [6.07, 6.45) is 0.264.